The molecule has 2 aliphatic heterocycles. The van der Waals surface area contributed by atoms with E-state index in [-0.39, 0.29) is 29.1 Å². The average Bonchev–Trinajstić information content (AvgIpc) is 3.79. The predicted molar refractivity (Wildman–Crippen MR) is 185 cm³/mol. The van der Waals surface area contributed by atoms with E-state index in [1.54, 1.807) is 31.2 Å². The highest BCUT2D eigenvalue weighted by Crippen LogP contribution is 2.38. The molecule has 0 radical (unpaired) electrons. The van der Waals surface area contributed by atoms with Crippen molar-refractivity contribution in [1.82, 2.24) is 24.9 Å². The lowest BCUT2D eigenvalue weighted by atomic mass is 10.0. The van der Waals surface area contributed by atoms with Crippen molar-refractivity contribution in [3.05, 3.63) is 94.9 Å². The fraction of sp³-hybridized carbons (Fsp3) is 0.400. The van der Waals surface area contributed by atoms with Gasteiger partial charge in [0.05, 0.1) is 48.4 Å². The van der Waals surface area contributed by atoms with Crippen LogP contribution in [0.5, 0.6) is 5.75 Å². The molecule has 3 N–H and O–H groups in total. The largest absolute Gasteiger partial charge is 0.497 e. The second kappa shape index (κ2) is 13.2. The summed E-state index contributed by atoms with van der Waals surface area (Å²) in [7, 11) is 1.27. The third kappa shape index (κ3) is 6.36. The molecule has 2 unspecified atom stereocenters. The Labute approximate surface area is 290 Å². The first-order valence-electron chi connectivity index (χ1n) is 16.6. The fourth-order valence-corrected chi connectivity index (χ4v) is 8.07. The van der Waals surface area contributed by atoms with Crippen LogP contribution < -0.4 is 20.7 Å². The number of nitrogens with zero attached hydrogens (tertiary/aromatic N) is 6. The number of aliphatic imine (C=N–C) groups is 1. The minimum atomic E-state index is -3.65. The predicted octanol–water partition coefficient (Wildman–Crippen LogP) is 4.50. The molecule has 3 aliphatic rings. The highest BCUT2D eigenvalue weighted by atomic mass is 32.2. The minimum absolute atomic E-state index is 0.0528. The van der Waals surface area contributed by atoms with Crippen molar-refractivity contribution in [3.8, 4) is 5.75 Å². The lowest BCUT2D eigenvalue weighted by Crippen LogP contribution is -2.54. The first kappa shape index (κ1) is 33.8. The standard InChI is InChI=1S/C35H41FN8O5S/c1-22-17-30(41-44(22)31-7-5-6-16-49-31)43(20-23-8-10-25(47-3)11-9-23)34-33(48-4)32(24-19-38-42(2)21-24)39-35(37,40-34)28-15-14-27(18-29(28)36)50(45,46)26-12-13-26/h8-11,14-15,17-19,21,26,31,39H,5-7,12-13,16,20,37H2,1-4H3. The van der Waals surface area contributed by atoms with E-state index in [0.717, 1.165) is 36.6 Å². The Morgan fingerprint density at radius 2 is 1.88 bits per heavy atom. The molecule has 2 atom stereocenters. The number of nitrogens with one attached hydrogen (secondary N) is 1. The molecule has 2 fully saturated rings. The SMILES string of the molecule is COC1=C(c2cnn(C)c2)NC(N)(c2ccc(S(=O)(=O)C3CC3)cc2F)N=C1N(Cc1ccc(OC)cc1)c1cc(C)n(C2CCCCO2)n1. The highest BCUT2D eigenvalue weighted by molar-refractivity contribution is 7.92. The first-order valence-corrected chi connectivity index (χ1v) is 18.1. The zero-order chi connectivity index (χ0) is 35.2. The molecule has 1 saturated heterocycles. The number of ether oxygens (including phenoxy) is 3. The van der Waals surface area contributed by atoms with Crippen LogP contribution >= 0.6 is 0 Å². The Morgan fingerprint density at radius 1 is 1.10 bits per heavy atom. The molecule has 4 heterocycles. The summed E-state index contributed by atoms with van der Waals surface area (Å²) in [6, 6.07) is 13.3. The van der Waals surface area contributed by atoms with Crippen LogP contribution in [0.3, 0.4) is 0 Å². The molecule has 264 valence electrons. The monoisotopic (exact) mass is 704 g/mol. The molecule has 1 aliphatic carbocycles. The van der Waals surface area contributed by atoms with Crippen molar-refractivity contribution in [2.45, 2.75) is 67.7 Å². The molecule has 0 spiro atoms. The van der Waals surface area contributed by atoms with Gasteiger partial charge in [0.1, 0.15) is 11.6 Å². The lowest BCUT2D eigenvalue weighted by molar-refractivity contribution is -0.0405. The van der Waals surface area contributed by atoms with Gasteiger partial charge in [0, 0.05) is 37.2 Å². The number of halogens is 1. The number of aromatic nitrogens is 4. The molecule has 1 saturated carbocycles. The van der Waals surface area contributed by atoms with E-state index < -0.39 is 26.7 Å². The third-order valence-electron chi connectivity index (χ3n) is 9.24. The summed E-state index contributed by atoms with van der Waals surface area (Å²) < 4.78 is 63.2. The van der Waals surface area contributed by atoms with Gasteiger partial charge in [0.25, 0.3) is 0 Å². The van der Waals surface area contributed by atoms with Gasteiger partial charge in [-0.2, -0.15) is 10.2 Å². The summed E-state index contributed by atoms with van der Waals surface area (Å²) in [5.74, 6) is -0.881. The zero-order valence-corrected chi connectivity index (χ0v) is 29.3. The maximum Gasteiger partial charge on any atom is 0.214 e. The molecule has 2 aromatic heterocycles. The number of hydrogen-bond donors (Lipinski definition) is 2. The lowest BCUT2D eigenvalue weighted by Gasteiger charge is -2.38. The van der Waals surface area contributed by atoms with Crippen molar-refractivity contribution >= 4 is 27.2 Å². The molecule has 0 amide bonds. The number of sulfone groups is 1. The smallest absolute Gasteiger partial charge is 0.214 e. The molecule has 15 heteroatoms. The van der Waals surface area contributed by atoms with Crippen molar-refractivity contribution < 1.29 is 27.0 Å². The van der Waals surface area contributed by atoms with Crippen LogP contribution in [0, 0.1) is 12.7 Å². The van der Waals surface area contributed by atoms with E-state index in [1.165, 1.54) is 19.2 Å². The quantitative estimate of drug-likeness (QED) is 0.242. The normalized spacial score (nSPS) is 21.1. The van der Waals surface area contributed by atoms with Gasteiger partial charge in [-0.3, -0.25) is 10.4 Å². The molecule has 2 aromatic carbocycles. The summed E-state index contributed by atoms with van der Waals surface area (Å²) in [4.78, 5) is 6.77. The van der Waals surface area contributed by atoms with Crippen LogP contribution in [-0.2, 0) is 38.7 Å². The summed E-state index contributed by atoms with van der Waals surface area (Å²) in [6.45, 7) is 2.90. The summed E-state index contributed by atoms with van der Waals surface area (Å²) >= 11 is 0. The van der Waals surface area contributed by atoms with Gasteiger partial charge in [0.15, 0.2) is 33.5 Å². The molecule has 0 bridgehead atoms. The van der Waals surface area contributed by atoms with Crippen molar-refractivity contribution in [2.24, 2.45) is 17.8 Å². The summed E-state index contributed by atoms with van der Waals surface area (Å²) in [5.41, 5.74) is 9.81. The topological polar surface area (TPSA) is 151 Å². The Kier molecular flexibility index (Phi) is 8.90. The number of aryl methyl sites for hydroxylation is 2. The van der Waals surface area contributed by atoms with Crippen LogP contribution in [-0.4, -0.2) is 59.9 Å². The fourth-order valence-electron chi connectivity index (χ4n) is 6.40. The van der Waals surface area contributed by atoms with Gasteiger partial charge >= 0.3 is 0 Å². The molecule has 7 rings (SSSR count). The van der Waals surface area contributed by atoms with E-state index in [2.05, 4.69) is 10.4 Å². The van der Waals surface area contributed by atoms with Crippen LogP contribution in [0.25, 0.3) is 5.70 Å². The molecule has 50 heavy (non-hydrogen) atoms. The second-order valence-electron chi connectivity index (χ2n) is 12.9. The Morgan fingerprint density at radius 3 is 2.50 bits per heavy atom. The summed E-state index contributed by atoms with van der Waals surface area (Å²) in [5, 5.41) is 12.1. The van der Waals surface area contributed by atoms with E-state index in [0.29, 0.717) is 48.0 Å². The third-order valence-corrected chi connectivity index (χ3v) is 11.5. The van der Waals surface area contributed by atoms with E-state index in [4.69, 9.17) is 30.0 Å². The van der Waals surface area contributed by atoms with Gasteiger partial charge in [0.2, 0.25) is 5.79 Å². The number of rotatable bonds is 10. The minimum Gasteiger partial charge on any atom is -0.497 e. The Bertz CT molecular complexity index is 2070. The van der Waals surface area contributed by atoms with Crippen molar-refractivity contribution in [3.63, 3.8) is 0 Å². The number of methoxy groups -OCH3 is 2. The second-order valence-corrected chi connectivity index (χ2v) is 15.1. The molecule has 13 nitrogen and oxygen atoms in total. The van der Waals surface area contributed by atoms with Crippen LogP contribution in [0.1, 0.15) is 60.7 Å². The highest BCUT2D eigenvalue weighted by Gasteiger charge is 2.42. The van der Waals surface area contributed by atoms with Crippen molar-refractivity contribution in [2.75, 3.05) is 25.7 Å². The molecular formula is C35H41FN8O5S. The van der Waals surface area contributed by atoms with Crippen molar-refractivity contribution in [1.29, 1.82) is 0 Å². The van der Waals surface area contributed by atoms with Crippen LogP contribution in [0.2, 0.25) is 0 Å². The Hall–Kier alpha value is -4.73. The molecular weight excluding hydrogens is 664 g/mol. The van der Waals surface area contributed by atoms with Gasteiger partial charge in [-0.05, 0) is 74.9 Å². The average molecular weight is 705 g/mol. The van der Waals surface area contributed by atoms with Gasteiger partial charge < -0.3 is 24.4 Å². The van der Waals surface area contributed by atoms with E-state index in [9.17, 15) is 8.42 Å². The number of amidine groups is 1. The number of benzene rings is 2. The maximum absolute atomic E-state index is 16.2. The number of nitrogens with two attached hydrogens (primary N) is 1. The number of anilines is 1. The van der Waals surface area contributed by atoms with E-state index >= 15 is 4.39 Å². The van der Waals surface area contributed by atoms with Gasteiger partial charge in [-0.25, -0.2) is 22.5 Å². The maximum atomic E-state index is 16.2. The van der Waals surface area contributed by atoms with E-state index in [1.807, 2.05) is 46.8 Å². The van der Waals surface area contributed by atoms with Crippen LogP contribution in [0.4, 0.5) is 10.2 Å². The summed E-state index contributed by atoms with van der Waals surface area (Å²) in [6.07, 6.45) is 7.18. The first-order chi connectivity index (χ1) is 24.0. The van der Waals surface area contributed by atoms with Gasteiger partial charge in [-0.15, -0.1) is 0 Å². The Balaban J connectivity index is 1.40. The molecule has 4 aromatic rings. The van der Waals surface area contributed by atoms with Gasteiger partial charge in [-0.1, -0.05) is 12.1 Å². The zero-order valence-electron chi connectivity index (χ0n) is 28.5. The van der Waals surface area contributed by atoms with Crippen LogP contribution in [0.15, 0.2) is 76.6 Å². The number of hydrogen-bond acceptors (Lipinski definition) is 11.